The average Bonchev–Trinajstić information content (AvgIpc) is 2.77. The lowest BCUT2D eigenvalue weighted by atomic mass is 9.45. The SMILES string of the molecule is COC(=O)[C@@]12C[C@H]3[C@@H]4OC(C)(C)OC(C)(C)[C@H]4C[C@]31CCC2=O. The van der Waals surface area contributed by atoms with Gasteiger partial charge < -0.3 is 14.2 Å². The molecule has 1 heterocycles. The summed E-state index contributed by atoms with van der Waals surface area (Å²) in [5, 5.41) is 0. The van der Waals surface area contributed by atoms with Crippen LogP contribution in [0.3, 0.4) is 0 Å². The van der Waals surface area contributed by atoms with Gasteiger partial charge in [-0.1, -0.05) is 0 Å². The Balaban J connectivity index is 1.76. The molecule has 0 amide bonds. The van der Waals surface area contributed by atoms with Gasteiger partial charge in [0.05, 0.1) is 18.8 Å². The molecule has 128 valence electrons. The minimum absolute atomic E-state index is 0.0532. The normalized spacial score (nSPS) is 48.9. The van der Waals surface area contributed by atoms with Gasteiger partial charge in [0, 0.05) is 12.3 Å². The smallest absolute Gasteiger partial charge is 0.319 e. The first-order valence-electron chi connectivity index (χ1n) is 8.59. The lowest BCUT2D eigenvalue weighted by molar-refractivity contribution is -0.351. The Morgan fingerprint density at radius 2 is 1.87 bits per heavy atom. The van der Waals surface area contributed by atoms with Gasteiger partial charge in [0.1, 0.15) is 5.41 Å². The van der Waals surface area contributed by atoms with Crippen molar-refractivity contribution in [3.8, 4) is 0 Å². The highest BCUT2D eigenvalue weighted by molar-refractivity contribution is 6.08. The molecular formula is C18H26O5. The van der Waals surface area contributed by atoms with E-state index in [4.69, 9.17) is 14.2 Å². The maximum Gasteiger partial charge on any atom is 0.319 e. The summed E-state index contributed by atoms with van der Waals surface area (Å²) >= 11 is 0. The van der Waals surface area contributed by atoms with Crippen LogP contribution in [-0.2, 0) is 23.8 Å². The second kappa shape index (κ2) is 4.17. The number of hydrogen-bond donors (Lipinski definition) is 0. The van der Waals surface area contributed by atoms with E-state index in [9.17, 15) is 9.59 Å². The summed E-state index contributed by atoms with van der Waals surface area (Å²) in [7, 11) is 1.39. The van der Waals surface area contributed by atoms with Crippen molar-refractivity contribution in [3.05, 3.63) is 0 Å². The van der Waals surface area contributed by atoms with E-state index in [1.165, 1.54) is 7.11 Å². The van der Waals surface area contributed by atoms with Crippen molar-refractivity contribution in [2.75, 3.05) is 7.11 Å². The van der Waals surface area contributed by atoms with Crippen LogP contribution < -0.4 is 0 Å². The Morgan fingerprint density at radius 1 is 1.17 bits per heavy atom. The summed E-state index contributed by atoms with van der Waals surface area (Å²) in [4.78, 5) is 25.1. The van der Waals surface area contributed by atoms with Gasteiger partial charge >= 0.3 is 5.97 Å². The first-order valence-corrected chi connectivity index (χ1v) is 8.59. The van der Waals surface area contributed by atoms with E-state index in [1.807, 2.05) is 13.8 Å². The number of hydrogen-bond acceptors (Lipinski definition) is 5. The number of Topliss-reactive ketones (excluding diaryl/α,β-unsaturated/α-hetero) is 1. The molecule has 0 unspecified atom stereocenters. The van der Waals surface area contributed by atoms with Gasteiger partial charge in [0.15, 0.2) is 11.6 Å². The highest BCUT2D eigenvalue weighted by Crippen LogP contribution is 2.77. The molecule has 5 heteroatoms. The van der Waals surface area contributed by atoms with Gasteiger partial charge in [-0.15, -0.1) is 0 Å². The summed E-state index contributed by atoms with van der Waals surface area (Å²) in [5.74, 6) is -0.453. The zero-order valence-electron chi connectivity index (χ0n) is 14.6. The van der Waals surface area contributed by atoms with Gasteiger partial charge in [-0.3, -0.25) is 9.59 Å². The molecular weight excluding hydrogens is 296 g/mol. The fourth-order valence-corrected chi connectivity index (χ4v) is 6.34. The molecule has 1 spiro atoms. The molecule has 1 saturated heterocycles. The van der Waals surface area contributed by atoms with Crippen LogP contribution in [0.15, 0.2) is 0 Å². The number of ether oxygens (including phenoxy) is 3. The molecule has 0 radical (unpaired) electrons. The molecule has 4 aliphatic rings. The van der Waals surface area contributed by atoms with E-state index < -0.39 is 11.2 Å². The third-order valence-corrected chi connectivity index (χ3v) is 7.09. The van der Waals surface area contributed by atoms with Gasteiger partial charge in [0.2, 0.25) is 0 Å². The first-order chi connectivity index (χ1) is 10.6. The molecule has 23 heavy (non-hydrogen) atoms. The molecule has 1 aliphatic heterocycles. The zero-order valence-corrected chi connectivity index (χ0v) is 14.6. The monoisotopic (exact) mass is 322 g/mol. The van der Waals surface area contributed by atoms with Crippen LogP contribution in [0.2, 0.25) is 0 Å². The second-order valence-electron chi connectivity index (χ2n) is 8.79. The number of rotatable bonds is 1. The second-order valence-corrected chi connectivity index (χ2v) is 8.79. The standard InChI is InChI=1S/C18H26O5/c1-15(2)10-8-17-7-6-12(19)18(17,14(20)21-5)9-11(17)13(10)22-16(3,4)23-15/h10-11,13H,6-9H2,1-5H3/t10-,11-,13+,17+,18-/m0/s1. The molecule has 4 rings (SSSR count). The Morgan fingerprint density at radius 3 is 2.52 bits per heavy atom. The molecule has 0 aromatic rings. The summed E-state index contributed by atoms with van der Waals surface area (Å²) in [5.41, 5.74) is -1.53. The van der Waals surface area contributed by atoms with E-state index >= 15 is 0 Å². The predicted molar refractivity (Wildman–Crippen MR) is 81.5 cm³/mol. The lowest BCUT2D eigenvalue weighted by Crippen LogP contribution is -2.63. The van der Waals surface area contributed by atoms with Crippen LogP contribution in [0, 0.1) is 22.7 Å². The van der Waals surface area contributed by atoms with Crippen molar-refractivity contribution in [3.63, 3.8) is 0 Å². The van der Waals surface area contributed by atoms with Gasteiger partial charge in [0.25, 0.3) is 0 Å². The molecule has 5 atom stereocenters. The number of ketones is 1. The van der Waals surface area contributed by atoms with Crippen molar-refractivity contribution < 1.29 is 23.8 Å². The summed E-state index contributed by atoms with van der Waals surface area (Å²) in [6.45, 7) is 8.10. The van der Waals surface area contributed by atoms with Crippen molar-refractivity contribution in [1.29, 1.82) is 0 Å². The Bertz CT molecular complexity index is 594. The third kappa shape index (κ3) is 1.60. The number of esters is 1. The van der Waals surface area contributed by atoms with E-state index in [0.717, 1.165) is 12.8 Å². The highest BCUT2D eigenvalue weighted by Gasteiger charge is 2.82. The maximum absolute atomic E-state index is 12.6. The number of carbonyl (C=O) groups excluding carboxylic acids is 2. The van der Waals surface area contributed by atoms with Gasteiger partial charge in [-0.25, -0.2) is 0 Å². The van der Waals surface area contributed by atoms with Crippen LogP contribution in [0.4, 0.5) is 0 Å². The summed E-state index contributed by atoms with van der Waals surface area (Å²) in [6.07, 6.45) is 2.70. The van der Waals surface area contributed by atoms with E-state index in [0.29, 0.717) is 12.8 Å². The van der Waals surface area contributed by atoms with Crippen molar-refractivity contribution in [2.24, 2.45) is 22.7 Å². The molecule has 0 aromatic carbocycles. The minimum atomic E-state index is -0.923. The molecule has 5 nitrogen and oxygen atoms in total. The largest absolute Gasteiger partial charge is 0.468 e. The quantitative estimate of drug-likeness (QED) is 0.548. The molecule has 4 fully saturated rings. The third-order valence-electron chi connectivity index (χ3n) is 7.09. The number of methoxy groups -OCH3 is 1. The Kier molecular flexibility index (Phi) is 2.83. The van der Waals surface area contributed by atoms with E-state index in [-0.39, 0.29) is 40.7 Å². The average molecular weight is 322 g/mol. The molecule has 3 saturated carbocycles. The van der Waals surface area contributed by atoms with Crippen molar-refractivity contribution >= 4 is 11.8 Å². The maximum atomic E-state index is 12.6. The molecule has 0 aromatic heterocycles. The number of carbonyl (C=O) groups is 2. The highest BCUT2D eigenvalue weighted by atomic mass is 16.7. The summed E-state index contributed by atoms with van der Waals surface area (Å²) < 4.78 is 17.5. The van der Waals surface area contributed by atoms with Crippen molar-refractivity contribution in [1.82, 2.24) is 0 Å². The molecule has 3 aliphatic carbocycles. The fourth-order valence-electron chi connectivity index (χ4n) is 6.34. The van der Waals surface area contributed by atoms with Crippen LogP contribution in [0.1, 0.15) is 53.4 Å². The predicted octanol–water partition coefficient (Wildman–Crippen LogP) is 2.47. The fraction of sp³-hybridized carbons (Fsp3) is 0.889. The van der Waals surface area contributed by atoms with Crippen LogP contribution in [-0.4, -0.2) is 36.4 Å². The van der Waals surface area contributed by atoms with E-state index in [1.54, 1.807) is 0 Å². The first kappa shape index (κ1) is 15.6. The Hall–Kier alpha value is -0.940. The van der Waals surface area contributed by atoms with Crippen LogP contribution >= 0.6 is 0 Å². The topological polar surface area (TPSA) is 61.8 Å². The van der Waals surface area contributed by atoms with Crippen LogP contribution in [0.25, 0.3) is 0 Å². The van der Waals surface area contributed by atoms with Gasteiger partial charge in [-0.05, 0) is 58.3 Å². The number of fused-ring (bicyclic) bond motifs is 2. The minimum Gasteiger partial charge on any atom is -0.468 e. The zero-order chi connectivity index (χ0) is 16.8. The lowest BCUT2D eigenvalue weighted by Gasteiger charge is -2.56. The van der Waals surface area contributed by atoms with Crippen molar-refractivity contribution in [2.45, 2.75) is 70.9 Å². The van der Waals surface area contributed by atoms with Gasteiger partial charge in [-0.2, -0.15) is 0 Å². The Labute approximate surface area is 137 Å². The molecule has 0 N–H and O–H groups in total. The summed E-state index contributed by atoms with van der Waals surface area (Å²) in [6, 6.07) is 0. The molecule has 0 bridgehead atoms. The van der Waals surface area contributed by atoms with E-state index in [2.05, 4.69) is 13.8 Å². The van der Waals surface area contributed by atoms with Crippen LogP contribution in [0.5, 0.6) is 0 Å².